The second-order valence-corrected chi connectivity index (χ2v) is 6.82. The molecule has 1 aromatic carbocycles. The van der Waals surface area contributed by atoms with Gasteiger partial charge in [-0.25, -0.2) is 0 Å². The van der Waals surface area contributed by atoms with Crippen LogP contribution in [0.25, 0.3) is 0 Å². The molecule has 0 aromatic heterocycles. The minimum Gasteiger partial charge on any atom is -0.381 e. The van der Waals surface area contributed by atoms with E-state index in [4.69, 9.17) is 4.74 Å². The fourth-order valence-electron chi connectivity index (χ4n) is 3.03. The van der Waals surface area contributed by atoms with Gasteiger partial charge in [0.25, 0.3) is 5.91 Å². The van der Waals surface area contributed by atoms with Gasteiger partial charge in [0.2, 0.25) is 5.91 Å². The zero-order chi connectivity index (χ0) is 17.7. The Morgan fingerprint density at radius 3 is 2.46 bits per heavy atom. The topological polar surface area (TPSA) is 58.6 Å². The third-order valence-corrected chi connectivity index (χ3v) is 4.59. The van der Waals surface area contributed by atoms with Crippen molar-refractivity contribution in [1.82, 2.24) is 10.2 Å². The van der Waals surface area contributed by atoms with Crippen molar-refractivity contribution in [3.8, 4) is 0 Å². The first-order valence-electron chi connectivity index (χ1n) is 8.61. The van der Waals surface area contributed by atoms with Crippen LogP contribution in [0.2, 0.25) is 0 Å². The Balaban J connectivity index is 2.03. The van der Waals surface area contributed by atoms with Crippen LogP contribution in [0.4, 0.5) is 0 Å². The largest absolute Gasteiger partial charge is 0.381 e. The minimum atomic E-state index is -0.503. The normalized spacial score (nSPS) is 17.0. The molecule has 0 bridgehead atoms. The van der Waals surface area contributed by atoms with E-state index >= 15 is 0 Å². The van der Waals surface area contributed by atoms with E-state index in [9.17, 15) is 9.59 Å². The van der Waals surface area contributed by atoms with Gasteiger partial charge in [0.15, 0.2) is 0 Å². The number of carbonyl (C=O) groups excluding carboxylic acids is 2. The Bertz CT molecular complexity index is 578. The van der Waals surface area contributed by atoms with Crippen molar-refractivity contribution in [2.45, 2.75) is 45.8 Å². The highest BCUT2D eigenvalue weighted by Gasteiger charge is 2.31. The fourth-order valence-corrected chi connectivity index (χ4v) is 3.03. The van der Waals surface area contributed by atoms with Crippen LogP contribution in [0, 0.1) is 12.8 Å². The van der Waals surface area contributed by atoms with E-state index < -0.39 is 6.04 Å². The summed E-state index contributed by atoms with van der Waals surface area (Å²) in [5.74, 6) is -0.163. The Hall–Kier alpha value is -1.88. The first kappa shape index (κ1) is 18.5. The lowest BCUT2D eigenvalue weighted by Gasteiger charge is -2.35. The van der Waals surface area contributed by atoms with Crippen molar-refractivity contribution < 1.29 is 14.3 Å². The lowest BCUT2D eigenvalue weighted by atomic mass is 9.99. The molecule has 1 N–H and O–H groups in total. The van der Waals surface area contributed by atoms with Crippen LogP contribution in [0.3, 0.4) is 0 Å². The van der Waals surface area contributed by atoms with Gasteiger partial charge in [0.1, 0.15) is 6.04 Å². The Kier molecular flexibility index (Phi) is 6.37. The SMILES string of the molecule is COC1CCN(C(=O)C(NC(=O)c2cccc(C)c2)C(C)C)CC1. The van der Waals surface area contributed by atoms with Crippen molar-refractivity contribution in [3.05, 3.63) is 35.4 Å². The fraction of sp³-hybridized carbons (Fsp3) is 0.579. The van der Waals surface area contributed by atoms with Gasteiger partial charge in [0.05, 0.1) is 6.10 Å². The number of hydrogen-bond acceptors (Lipinski definition) is 3. The third kappa shape index (κ3) is 4.57. The molecule has 24 heavy (non-hydrogen) atoms. The molecule has 1 heterocycles. The molecule has 1 unspecified atom stereocenters. The summed E-state index contributed by atoms with van der Waals surface area (Å²) in [7, 11) is 1.71. The maximum absolute atomic E-state index is 12.8. The van der Waals surface area contributed by atoms with Crippen LogP contribution in [-0.2, 0) is 9.53 Å². The molecule has 132 valence electrons. The Morgan fingerprint density at radius 2 is 1.92 bits per heavy atom. The average Bonchev–Trinajstić information content (AvgIpc) is 2.58. The summed E-state index contributed by atoms with van der Waals surface area (Å²) in [6.45, 7) is 7.23. The summed E-state index contributed by atoms with van der Waals surface area (Å²) >= 11 is 0. The first-order chi connectivity index (χ1) is 11.4. The zero-order valence-corrected chi connectivity index (χ0v) is 15.0. The highest BCUT2D eigenvalue weighted by Crippen LogP contribution is 2.16. The lowest BCUT2D eigenvalue weighted by molar-refractivity contribution is -0.136. The van der Waals surface area contributed by atoms with Gasteiger partial charge in [-0.15, -0.1) is 0 Å². The molecule has 1 saturated heterocycles. The van der Waals surface area contributed by atoms with Crippen molar-refractivity contribution in [2.75, 3.05) is 20.2 Å². The highest BCUT2D eigenvalue weighted by molar-refractivity contribution is 5.97. The van der Waals surface area contributed by atoms with Crippen LogP contribution >= 0.6 is 0 Å². The standard InChI is InChI=1S/C19H28N2O3/c1-13(2)17(19(23)21-10-8-16(24-4)9-11-21)20-18(22)15-7-5-6-14(3)12-15/h5-7,12-13,16-17H,8-11H2,1-4H3,(H,20,22). The summed E-state index contributed by atoms with van der Waals surface area (Å²) in [5.41, 5.74) is 1.61. The third-order valence-electron chi connectivity index (χ3n) is 4.59. The molecule has 0 aliphatic carbocycles. The number of nitrogens with zero attached hydrogens (tertiary/aromatic N) is 1. The van der Waals surface area contributed by atoms with Gasteiger partial charge >= 0.3 is 0 Å². The van der Waals surface area contributed by atoms with Gasteiger partial charge in [-0.05, 0) is 37.8 Å². The number of likely N-dealkylation sites (tertiary alicyclic amines) is 1. The summed E-state index contributed by atoms with van der Waals surface area (Å²) in [4.78, 5) is 27.2. The van der Waals surface area contributed by atoms with E-state index in [-0.39, 0.29) is 23.8 Å². The predicted molar refractivity (Wildman–Crippen MR) is 93.9 cm³/mol. The van der Waals surface area contributed by atoms with Crippen molar-refractivity contribution in [3.63, 3.8) is 0 Å². The molecule has 1 aliphatic heterocycles. The summed E-state index contributed by atoms with van der Waals surface area (Å²) in [6, 6.07) is 6.90. The quantitative estimate of drug-likeness (QED) is 0.901. The van der Waals surface area contributed by atoms with Gasteiger partial charge in [-0.2, -0.15) is 0 Å². The number of hydrogen-bond donors (Lipinski definition) is 1. The number of nitrogens with one attached hydrogen (secondary N) is 1. The second-order valence-electron chi connectivity index (χ2n) is 6.82. The predicted octanol–water partition coefficient (Wildman–Crippen LogP) is 2.39. The maximum Gasteiger partial charge on any atom is 0.251 e. The summed E-state index contributed by atoms with van der Waals surface area (Å²) in [6.07, 6.45) is 1.92. The Labute approximate surface area is 144 Å². The van der Waals surface area contributed by atoms with Crippen molar-refractivity contribution in [1.29, 1.82) is 0 Å². The lowest BCUT2D eigenvalue weighted by Crippen LogP contribution is -2.53. The number of benzene rings is 1. The van der Waals surface area contributed by atoms with E-state index in [0.29, 0.717) is 18.7 Å². The van der Waals surface area contributed by atoms with E-state index in [1.54, 1.807) is 13.2 Å². The van der Waals surface area contributed by atoms with E-state index in [1.165, 1.54) is 0 Å². The smallest absolute Gasteiger partial charge is 0.251 e. The van der Waals surface area contributed by atoms with Gasteiger partial charge < -0.3 is 15.0 Å². The van der Waals surface area contributed by atoms with Crippen LogP contribution in [-0.4, -0.2) is 49.1 Å². The summed E-state index contributed by atoms with van der Waals surface area (Å²) < 4.78 is 5.35. The molecule has 2 amide bonds. The van der Waals surface area contributed by atoms with Crippen LogP contribution in [0.15, 0.2) is 24.3 Å². The monoisotopic (exact) mass is 332 g/mol. The van der Waals surface area contributed by atoms with Crippen molar-refractivity contribution in [2.24, 2.45) is 5.92 Å². The van der Waals surface area contributed by atoms with E-state index in [1.807, 2.05) is 43.9 Å². The molecule has 1 aliphatic rings. The van der Waals surface area contributed by atoms with Crippen molar-refractivity contribution >= 4 is 11.8 Å². The molecule has 0 spiro atoms. The highest BCUT2D eigenvalue weighted by atomic mass is 16.5. The molecule has 1 aromatic rings. The number of carbonyl (C=O) groups is 2. The number of piperidine rings is 1. The van der Waals surface area contributed by atoms with Crippen LogP contribution < -0.4 is 5.32 Å². The number of rotatable bonds is 5. The summed E-state index contributed by atoms with van der Waals surface area (Å²) in [5, 5.41) is 2.92. The Morgan fingerprint density at radius 1 is 1.25 bits per heavy atom. The molecule has 0 saturated carbocycles. The van der Waals surface area contributed by atoms with Gasteiger partial charge in [0, 0.05) is 25.8 Å². The molecule has 0 radical (unpaired) electrons. The van der Waals surface area contributed by atoms with E-state index in [0.717, 1.165) is 18.4 Å². The minimum absolute atomic E-state index is 0.000515. The molecule has 5 nitrogen and oxygen atoms in total. The molecular formula is C19H28N2O3. The average molecular weight is 332 g/mol. The van der Waals surface area contributed by atoms with Gasteiger partial charge in [-0.1, -0.05) is 31.5 Å². The van der Waals surface area contributed by atoms with Gasteiger partial charge in [-0.3, -0.25) is 9.59 Å². The van der Waals surface area contributed by atoms with Crippen LogP contribution in [0.5, 0.6) is 0 Å². The van der Waals surface area contributed by atoms with Crippen LogP contribution in [0.1, 0.15) is 42.6 Å². The number of methoxy groups -OCH3 is 1. The first-order valence-corrected chi connectivity index (χ1v) is 8.61. The van der Waals surface area contributed by atoms with E-state index in [2.05, 4.69) is 5.32 Å². The number of aryl methyl sites for hydroxylation is 1. The molecule has 5 heteroatoms. The molecule has 2 rings (SSSR count). The zero-order valence-electron chi connectivity index (χ0n) is 15.0. The maximum atomic E-state index is 12.8. The molecular weight excluding hydrogens is 304 g/mol. The second kappa shape index (κ2) is 8.29. The molecule has 1 atom stereocenters. The molecule has 1 fully saturated rings. The number of amides is 2. The number of ether oxygens (including phenoxy) is 1.